The number of ether oxygens (including phenoxy) is 1. The fraction of sp³-hybridized carbons (Fsp3) is 0.571. The molecule has 5 heteroatoms. The molecule has 0 amide bonds. The van der Waals surface area contributed by atoms with Crippen molar-refractivity contribution in [2.45, 2.75) is 19.8 Å². The number of pyridine rings is 1. The molecular weight excluding hydrogens is 240 g/mol. The van der Waals surface area contributed by atoms with Gasteiger partial charge in [-0.05, 0) is 31.7 Å². The normalized spacial score (nSPS) is 19.8. The van der Waals surface area contributed by atoms with E-state index in [0.717, 1.165) is 42.2 Å². The molecule has 0 spiro atoms. The van der Waals surface area contributed by atoms with Gasteiger partial charge in [-0.3, -0.25) is 4.68 Å². The lowest BCUT2D eigenvalue weighted by Crippen LogP contribution is -2.24. The Kier molecular flexibility index (Phi) is 3.38. The van der Waals surface area contributed by atoms with Crippen LogP contribution in [-0.4, -0.2) is 34.5 Å². The van der Waals surface area contributed by atoms with E-state index in [9.17, 15) is 0 Å². The van der Waals surface area contributed by atoms with E-state index in [0.29, 0.717) is 5.92 Å². The zero-order valence-electron chi connectivity index (χ0n) is 11.5. The van der Waals surface area contributed by atoms with Gasteiger partial charge in [0.15, 0.2) is 5.65 Å². The van der Waals surface area contributed by atoms with Gasteiger partial charge in [-0.1, -0.05) is 0 Å². The van der Waals surface area contributed by atoms with E-state index >= 15 is 0 Å². The number of hydrogen-bond acceptors (Lipinski definition) is 4. The monoisotopic (exact) mass is 260 g/mol. The van der Waals surface area contributed by atoms with Crippen LogP contribution in [0, 0.1) is 12.8 Å². The van der Waals surface area contributed by atoms with Gasteiger partial charge in [-0.15, -0.1) is 0 Å². The summed E-state index contributed by atoms with van der Waals surface area (Å²) in [7, 11) is 1.93. The quantitative estimate of drug-likeness (QED) is 0.918. The van der Waals surface area contributed by atoms with Gasteiger partial charge in [0.25, 0.3) is 0 Å². The van der Waals surface area contributed by atoms with Crippen molar-refractivity contribution in [3.05, 3.63) is 18.0 Å². The van der Waals surface area contributed by atoms with Gasteiger partial charge in [-0.2, -0.15) is 5.10 Å². The van der Waals surface area contributed by atoms with Crippen molar-refractivity contribution in [2.75, 3.05) is 25.1 Å². The Hall–Kier alpha value is -1.62. The van der Waals surface area contributed by atoms with Gasteiger partial charge < -0.3 is 10.1 Å². The van der Waals surface area contributed by atoms with Crippen LogP contribution in [0.25, 0.3) is 11.0 Å². The standard InChI is InChI=1S/C14H20N4O/c1-10-13-6-12(8-16-14(13)18(2)17-10)15-7-11-4-3-5-19-9-11/h6,8,11,15H,3-5,7,9H2,1-2H3. The maximum Gasteiger partial charge on any atom is 0.157 e. The molecule has 3 rings (SSSR count). The molecule has 1 unspecified atom stereocenters. The highest BCUT2D eigenvalue weighted by atomic mass is 16.5. The number of fused-ring (bicyclic) bond motifs is 1. The Labute approximate surface area is 113 Å². The van der Waals surface area contributed by atoms with E-state index in [1.54, 1.807) is 0 Å². The number of anilines is 1. The van der Waals surface area contributed by atoms with Crippen LogP contribution in [0.4, 0.5) is 5.69 Å². The van der Waals surface area contributed by atoms with Gasteiger partial charge in [0.2, 0.25) is 0 Å². The van der Waals surface area contributed by atoms with Crippen LogP contribution in [0.3, 0.4) is 0 Å². The lowest BCUT2D eigenvalue weighted by atomic mass is 10.0. The second kappa shape index (κ2) is 5.17. The number of aromatic nitrogens is 3. The van der Waals surface area contributed by atoms with E-state index < -0.39 is 0 Å². The highest BCUT2D eigenvalue weighted by Crippen LogP contribution is 2.20. The molecule has 1 aliphatic heterocycles. The van der Waals surface area contributed by atoms with Gasteiger partial charge in [0, 0.05) is 25.6 Å². The Balaban J connectivity index is 1.72. The van der Waals surface area contributed by atoms with Crippen molar-refractivity contribution >= 4 is 16.7 Å². The maximum absolute atomic E-state index is 5.49. The summed E-state index contributed by atoms with van der Waals surface area (Å²) in [4.78, 5) is 4.47. The topological polar surface area (TPSA) is 52.0 Å². The molecule has 2 aromatic rings. The van der Waals surface area contributed by atoms with E-state index in [1.165, 1.54) is 12.8 Å². The van der Waals surface area contributed by atoms with E-state index in [4.69, 9.17) is 4.74 Å². The molecule has 0 saturated carbocycles. The van der Waals surface area contributed by atoms with Crippen LogP contribution in [0.5, 0.6) is 0 Å². The highest BCUT2D eigenvalue weighted by Gasteiger charge is 2.14. The molecule has 1 aliphatic rings. The largest absolute Gasteiger partial charge is 0.383 e. The minimum absolute atomic E-state index is 0.611. The molecule has 1 saturated heterocycles. The SMILES string of the molecule is Cc1nn(C)c2ncc(NCC3CCCOC3)cc12. The molecular formula is C14H20N4O. The molecule has 2 aromatic heterocycles. The maximum atomic E-state index is 5.49. The fourth-order valence-electron chi connectivity index (χ4n) is 2.64. The molecule has 0 aliphatic carbocycles. The summed E-state index contributed by atoms with van der Waals surface area (Å²) in [6.07, 6.45) is 4.30. The summed E-state index contributed by atoms with van der Waals surface area (Å²) in [5.41, 5.74) is 3.02. The minimum Gasteiger partial charge on any atom is -0.383 e. The van der Waals surface area contributed by atoms with Gasteiger partial charge in [0.1, 0.15) is 0 Å². The molecule has 0 bridgehead atoms. The van der Waals surface area contributed by atoms with Crippen molar-refractivity contribution in [3.8, 4) is 0 Å². The van der Waals surface area contributed by atoms with Crippen molar-refractivity contribution in [3.63, 3.8) is 0 Å². The number of hydrogen-bond donors (Lipinski definition) is 1. The van der Waals surface area contributed by atoms with Crippen LogP contribution in [0.2, 0.25) is 0 Å². The summed E-state index contributed by atoms with van der Waals surface area (Å²) in [6.45, 7) is 4.75. The Morgan fingerprint density at radius 2 is 2.42 bits per heavy atom. The summed E-state index contributed by atoms with van der Waals surface area (Å²) < 4.78 is 7.32. The van der Waals surface area contributed by atoms with E-state index in [-0.39, 0.29) is 0 Å². The zero-order chi connectivity index (χ0) is 13.2. The van der Waals surface area contributed by atoms with Crippen LogP contribution in [0.1, 0.15) is 18.5 Å². The van der Waals surface area contributed by atoms with Crippen molar-refractivity contribution in [1.29, 1.82) is 0 Å². The van der Waals surface area contributed by atoms with Crippen molar-refractivity contribution < 1.29 is 4.74 Å². The van der Waals surface area contributed by atoms with E-state index in [2.05, 4.69) is 21.5 Å². The molecule has 0 aromatic carbocycles. The fourth-order valence-corrected chi connectivity index (χ4v) is 2.64. The molecule has 1 atom stereocenters. The third kappa shape index (κ3) is 2.56. The lowest BCUT2D eigenvalue weighted by molar-refractivity contribution is 0.0595. The minimum atomic E-state index is 0.611. The number of rotatable bonds is 3. The van der Waals surface area contributed by atoms with Gasteiger partial charge in [-0.25, -0.2) is 4.98 Å². The lowest BCUT2D eigenvalue weighted by Gasteiger charge is -2.22. The van der Waals surface area contributed by atoms with Gasteiger partial charge >= 0.3 is 0 Å². The van der Waals surface area contributed by atoms with Crippen molar-refractivity contribution in [1.82, 2.24) is 14.8 Å². The number of aryl methyl sites for hydroxylation is 2. The average Bonchev–Trinajstić information content (AvgIpc) is 2.73. The van der Waals surface area contributed by atoms with Crippen LogP contribution in [-0.2, 0) is 11.8 Å². The van der Waals surface area contributed by atoms with E-state index in [1.807, 2.05) is 24.9 Å². The smallest absolute Gasteiger partial charge is 0.157 e. The summed E-state index contributed by atoms with van der Waals surface area (Å²) in [5.74, 6) is 0.611. The number of nitrogens with zero attached hydrogens (tertiary/aromatic N) is 3. The molecule has 1 N–H and O–H groups in total. The average molecular weight is 260 g/mol. The molecule has 102 valence electrons. The first kappa shape index (κ1) is 12.4. The van der Waals surface area contributed by atoms with Gasteiger partial charge in [0.05, 0.1) is 24.2 Å². The third-order valence-electron chi connectivity index (χ3n) is 3.71. The Morgan fingerprint density at radius 3 is 3.21 bits per heavy atom. The summed E-state index contributed by atoms with van der Waals surface area (Å²) in [5, 5.41) is 8.97. The molecule has 5 nitrogen and oxygen atoms in total. The van der Waals surface area contributed by atoms with Crippen molar-refractivity contribution in [2.24, 2.45) is 13.0 Å². The highest BCUT2D eigenvalue weighted by molar-refractivity contribution is 5.81. The Bertz CT molecular complexity index is 572. The summed E-state index contributed by atoms with van der Waals surface area (Å²) >= 11 is 0. The Morgan fingerprint density at radius 1 is 1.53 bits per heavy atom. The first-order valence-electron chi connectivity index (χ1n) is 6.85. The predicted molar refractivity (Wildman–Crippen MR) is 75.3 cm³/mol. The van der Waals surface area contributed by atoms with Crippen LogP contribution < -0.4 is 5.32 Å². The zero-order valence-corrected chi connectivity index (χ0v) is 11.5. The molecule has 1 fully saturated rings. The first-order valence-corrected chi connectivity index (χ1v) is 6.85. The second-order valence-electron chi connectivity index (χ2n) is 5.27. The third-order valence-corrected chi connectivity index (χ3v) is 3.71. The second-order valence-corrected chi connectivity index (χ2v) is 5.27. The number of nitrogens with one attached hydrogen (secondary N) is 1. The van der Waals surface area contributed by atoms with Crippen LogP contribution >= 0.6 is 0 Å². The molecule has 3 heterocycles. The summed E-state index contributed by atoms with van der Waals surface area (Å²) in [6, 6.07) is 2.13. The molecule has 19 heavy (non-hydrogen) atoms. The molecule has 0 radical (unpaired) electrons. The first-order chi connectivity index (χ1) is 9.24. The predicted octanol–water partition coefficient (Wildman–Crippen LogP) is 2.12. The van der Waals surface area contributed by atoms with Crippen LogP contribution in [0.15, 0.2) is 12.3 Å².